The topological polar surface area (TPSA) is 81.5 Å². The van der Waals surface area contributed by atoms with Crippen molar-refractivity contribution in [2.45, 2.75) is 5.75 Å². The molecule has 9 heteroatoms. The number of hydrogen-bond acceptors (Lipinski definition) is 5. The van der Waals surface area contributed by atoms with E-state index in [1.807, 2.05) is 0 Å². The Labute approximate surface area is 158 Å². The lowest BCUT2D eigenvalue weighted by molar-refractivity contribution is -0.385. The Balaban J connectivity index is 1.90. The van der Waals surface area contributed by atoms with E-state index in [2.05, 4.69) is 5.32 Å². The number of nitro groups is 1. The number of benzene rings is 2. The molecule has 0 bridgehead atoms. The number of rotatable bonds is 7. The Hall–Kier alpha value is -1.96. The minimum Gasteiger partial charge on any atom is -0.490 e. The third-order valence-corrected chi connectivity index (χ3v) is 4.53. The van der Waals surface area contributed by atoms with E-state index >= 15 is 0 Å². The molecule has 1 N–H and O–H groups in total. The first kappa shape index (κ1) is 19.4. The first-order valence-electron chi connectivity index (χ1n) is 7.04. The maximum Gasteiger partial charge on any atom is 0.311 e. The van der Waals surface area contributed by atoms with Crippen molar-refractivity contribution in [2.24, 2.45) is 0 Å². The van der Waals surface area contributed by atoms with Gasteiger partial charge in [-0.05, 0) is 29.8 Å². The maximum absolute atomic E-state index is 12.0. The number of nitrogens with zero attached hydrogens (tertiary/aromatic N) is 1. The number of halogens is 2. The maximum atomic E-state index is 12.0. The van der Waals surface area contributed by atoms with Crippen molar-refractivity contribution >= 4 is 52.2 Å². The molecule has 0 aliphatic rings. The van der Waals surface area contributed by atoms with Gasteiger partial charge in [0, 0.05) is 27.6 Å². The van der Waals surface area contributed by atoms with Crippen LogP contribution < -0.4 is 10.1 Å². The number of ether oxygens (including phenoxy) is 1. The highest BCUT2D eigenvalue weighted by atomic mass is 35.5. The van der Waals surface area contributed by atoms with Crippen LogP contribution in [0.25, 0.3) is 0 Å². The highest BCUT2D eigenvalue weighted by Gasteiger charge is 2.15. The molecular formula is C16H14Cl2N2O4S. The van der Waals surface area contributed by atoms with Crippen molar-refractivity contribution in [2.75, 3.05) is 18.2 Å². The molecule has 0 aliphatic carbocycles. The predicted octanol–water partition coefficient (Wildman–Crippen LogP) is 4.78. The van der Waals surface area contributed by atoms with Crippen molar-refractivity contribution < 1.29 is 14.5 Å². The van der Waals surface area contributed by atoms with Crippen LogP contribution in [0.4, 0.5) is 11.4 Å². The Morgan fingerprint density at radius 1 is 1.24 bits per heavy atom. The normalized spacial score (nSPS) is 10.4. The average molecular weight is 401 g/mol. The van der Waals surface area contributed by atoms with Crippen LogP contribution in [0.2, 0.25) is 10.0 Å². The van der Waals surface area contributed by atoms with Gasteiger partial charge < -0.3 is 10.1 Å². The number of anilines is 1. The van der Waals surface area contributed by atoms with Gasteiger partial charge in [-0.2, -0.15) is 0 Å². The lowest BCUT2D eigenvalue weighted by atomic mass is 10.2. The van der Waals surface area contributed by atoms with Crippen molar-refractivity contribution in [3.05, 3.63) is 62.1 Å². The molecule has 6 nitrogen and oxygen atoms in total. The number of nitro benzene ring substituents is 1. The van der Waals surface area contributed by atoms with Crippen LogP contribution in [0.3, 0.4) is 0 Å². The highest BCUT2D eigenvalue weighted by Crippen LogP contribution is 2.29. The Morgan fingerprint density at radius 3 is 2.52 bits per heavy atom. The smallest absolute Gasteiger partial charge is 0.311 e. The molecule has 2 rings (SSSR count). The fourth-order valence-electron chi connectivity index (χ4n) is 2.05. The van der Waals surface area contributed by atoms with Gasteiger partial charge in [-0.25, -0.2) is 0 Å². The van der Waals surface area contributed by atoms with Gasteiger partial charge in [-0.1, -0.05) is 29.3 Å². The van der Waals surface area contributed by atoms with E-state index in [1.165, 1.54) is 24.9 Å². The van der Waals surface area contributed by atoms with Crippen LogP contribution in [0.5, 0.6) is 5.75 Å². The summed E-state index contributed by atoms with van der Waals surface area (Å²) in [6, 6.07) is 9.49. The quantitative estimate of drug-likeness (QED) is 0.533. The van der Waals surface area contributed by atoms with Gasteiger partial charge in [-0.3, -0.25) is 14.9 Å². The predicted molar refractivity (Wildman–Crippen MR) is 101 cm³/mol. The fourth-order valence-corrected chi connectivity index (χ4v) is 3.35. The van der Waals surface area contributed by atoms with Crippen LogP contribution in [-0.4, -0.2) is 23.7 Å². The van der Waals surface area contributed by atoms with Crippen LogP contribution in [-0.2, 0) is 10.5 Å². The van der Waals surface area contributed by atoms with E-state index in [1.54, 1.807) is 30.3 Å². The molecule has 0 aromatic heterocycles. The molecule has 0 radical (unpaired) electrons. The van der Waals surface area contributed by atoms with Gasteiger partial charge >= 0.3 is 5.69 Å². The summed E-state index contributed by atoms with van der Waals surface area (Å²) in [5, 5.41) is 14.6. The molecule has 0 unspecified atom stereocenters. The third-order valence-electron chi connectivity index (χ3n) is 3.09. The van der Waals surface area contributed by atoms with E-state index < -0.39 is 4.92 Å². The third kappa shape index (κ3) is 5.81. The van der Waals surface area contributed by atoms with E-state index in [0.717, 1.165) is 5.56 Å². The van der Waals surface area contributed by atoms with E-state index in [4.69, 9.17) is 27.9 Å². The van der Waals surface area contributed by atoms with E-state index in [9.17, 15) is 14.9 Å². The van der Waals surface area contributed by atoms with Crippen molar-refractivity contribution in [1.82, 2.24) is 0 Å². The molecule has 2 aromatic carbocycles. The molecule has 0 saturated carbocycles. The highest BCUT2D eigenvalue weighted by molar-refractivity contribution is 7.99. The summed E-state index contributed by atoms with van der Waals surface area (Å²) in [5.74, 6) is 0.624. The summed E-state index contributed by atoms with van der Waals surface area (Å²) in [6.07, 6.45) is 0. The average Bonchev–Trinajstić information content (AvgIpc) is 2.53. The number of carbonyl (C=O) groups is 1. The molecule has 0 aliphatic heterocycles. The standard InChI is InChI=1S/C16H14Cl2N2O4S/c1-24-15-3-2-10(4-14(15)20(22)23)8-25-9-16(21)19-13-6-11(17)5-12(18)7-13/h2-7H,8-9H2,1H3,(H,19,21). The zero-order chi connectivity index (χ0) is 18.4. The van der Waals surface area contributed by atoms with Crippen LogP contribution in [0.15, 0.2) is 36.4 Å². The summed E-state index contributed by atoms with van der Waals surface area (Å²) in [5.41, 5.74) is 1.15. The van der Waals surface area contributed by atoms with Gasteiger partial charge in [0.15, 0.2) is 5.75 Å². The summed E-state index contributed by atoms with van der Waals surface area (Å²) in [7, 11) is 1.38. The number of thioether (sulfide) groups is 1. The molecule has 2 aromatic rings. The minimum atomic E-state index is -0.497. The lowest BCUT2D eigenvalue weighted by Crippen LogP contribution is -2.14. The van der Waals surface area contributed by atoms with Gasteiger partial charge in [0.2, 0.25) is 5.91 Å². The molecular weight excluding hydrogens is 387 g/mol. The van der Waals surface area contributed by atoms with Crippen molar-refractivity contribution in [3.8, 4) is 5.75 Å². The van der Waals surface area contributed by atoms with Gasteiger partial charge in [-0.15, -0.1) is 11.8 Å². The second-order valence-electron chi connectivity index (χ2n) is 4.96. The zero-order valence-corrected chi connectivity index (χ0v) is 15.5. The van der Waals surface area contributed by atoms with Crippen molar-refractivity contribution in [3.63, 3.8) is 0 Å². The minimum absolute atomic E-state index is 0.0985. The first-order valence-corrected chi connectivity index (χ1v) is 8.95. The molecule has 0 fully saturated rings. The summed E-state index contributed by atoms with van der Waals surface area (Å²) in [6.45, 7) is 0. The van der Waals surface area contributed by atoms with E-state index in [0.29, 0.717) is 21.5 Å². The lowest BCUT2D eigenvalue weighted by Gasteiger charge is -2.07. The molecule has 1 amide bonds. The number of hydrogen-bond donors (Lipinski definition) is 1. The Kier molecular flexibility index (Phi) is 6.92. The number of nitrogens with one attached hydrogen (secondary N) is 1. The molecule has 25 heavy (non-hydrogen) atoms. The number of methoxy groups -OCH3 is 1. The van der Waals surface area contributed by atoms with Crippen LogP contribution in [0.1, 0.15) is 5.56 Å². The summed E-state index contributed by atoms with van der Waals surface area (Å²) in [4.78, 5) is 22.5. The van der Waals surface area contributed by atoms with Gasteiger partial charge in [0.25, 0.3) is 0 Å². The van der Waals surface area contributed by atoms with Gasteiger partial charge in [0.1, 0.15) is 0 Å². The summed E-state index contributed by atoms with van der Waals surface area (Å²) < 4.78 is 4.96. The van der Waals surface area contributed by atoms with Crippen LogP contribution in [0, 0.1) is 10.1 Å². The second-order valence-corrected chi connectivity index (χ2v) is 6.82. The largest absolute Gasteiger partial charge is 0.490 e. The van der Waals surface area contributed by atoms with Crippen molar-refractivity contribution in [1.29, 1.82) is 0 Å². The number of amides is 1. The molecule has 0 heterocycles. The molecule has 0 atom stereocenters. The summed E-state index contributed by atoms with van der Waals surface area (Å²) >= 11 is 13.1. The fraction of sp³-hybridized carbons (Fsp3) is 0.188. The van der Waals surface area contributed by atoms with Crippen LogP contribution >= 0.6 is 35.0 Å². The first-order chi connectivity index (χ1) is 11.9. The Bertz CT molecular complexity index is 781. The number of carbonyl (C=O) groups excluding carboxylic acids is 1. The SMILES string of the molecule is COc1ccc(CSCC(=O)Nc2cc(Cl)cc(Cl)c2)cc1[N+](=O)[O-]. The molecule has 0 spiro atoms. The van der Waals surface area contributed by atoms with E-state index in [-0.39, 0.29) is 23.1 Å². The molecule has 0 saturated heterocycles. The zero-order valence-electron chi connectivity index (χ0n) is 13.1. The Morgan fingerprint density at radius 2 is 1.92 bits per heavy atom. The van der Waals surface area contributed by atoms with Gasteiger partial charge in [0.05, 0.1) is 17.8 Å². The monoisotopic (exact) mass is 400 g/mol. The molecule has 132 valence electrons. The second kappa shape index (κ2) is 8.94.